The highest BCUT2D eigenvalue weighted by Gasteiger charge is 2.27. The number of aromatic nitrogens is 1. The van der Waals surface area contributed by atoms with Crippen LogP contribution in [0.2, 0.25) is 0 Å². The molecule has 4 atom stereocenters. The summed E-state index contributed by atoms with van der Waals surface area (Å²) in [7, 11) is 0. The highest BCUT2D eigenvalue weighted by molar-refractivity contribution is 5.93. The summed E-state index contributed by atoms with van der Waals surface area (Å²) in [6.07, 6.45) is 9.49. The zero-order valence-electron chi connectivity index (χ0n) is 35.7. The summed E-state index contributed by atoms with van der Waals surface area (Å²) >= 11 is 0. The molecule has 1 aromatic heterocycles. The first-order valence-electron chi connectivity index (χ1n) is 21.1. The van der Waals surface area contributed by atoms with Crippen LogP contribution in [0, 0.1) is 17.5 Å². The van der Waals surface area contributed by atoms with Gasteiger partial charge in [-0.05, 0) is 116 Å². The number of pyridine rings is 1. The normalized spacial score (nSPS) is 14.5. The lowest BCUT2D eigenvalue weighted by molar-refractivity contribution is -0.128. The number of para-hydroxylation sites is 1. The molecule has 0 unspecified atom stereocenters. The molecule has 0 spiro atoms. The highest BCUT2D eigenvalue weighted by atomic mass is 19.2. The van der Waals surface area contributed by atoms with Crippen molar-refractivity contribution in [1.82, 2.24) is 15.6 Å². The minimum absolute atomic E-state index is 0.0177. The third kappa shape index (κ3) is 16.1. The van der Waals surface area contributed by atoms with E-state index in [1.165, 1.54) is 0 Å². The number of Topliss-reactive ketones (excluding diaryl/α,β-unsaturated/α-hetero) is 2. The van der Waals surface area contributed by atoms with Crippen LogP contribution in [-0.4, -0.2) is 78.4 Å². The molecule has 0 bridgehead atoms. The number of carbonyl (C=O) groups is 4. The monoisotopic (exact) mass is 882 g/mol. The molecule has 16 heteroatoms. The molecule has 5 rings (SSSR count). The fourth-order valence-electron chi connectivity index (χ4n) is 6.80. The minimum Gasteiger partial charge on any atom is -0.345 e. The Morgan fingerprint density at radius 2 is 1.41 bits per heavy atom. The first-order chi connectivity index (χ1) is 30.7. The van der Waals surface area contributed by atoms with Crippen LogP contribution in [0.25, 0.3) is 10.9 Å². The third-order valence-electron chi connectivity index (χ3n) is 10.3. The summed E-state index contributed by atoms with van der Waals surface area (Å²) in [6.45, 7) is 5.12. The molecule has 0 radical (unpaired) electrons. The third-order valence-corrected chi connectivity index (χ3v) is 10.3. The number of aromatic amines is 1. The molecule has 2 heterocycles. The molecule has 0 saturated carbocycles. The van der Waals surface area contributed by atoms with Gasteiger partial charge in [-0.3, -0.25) is 29.0 Å². The first kappa shape index (κ1) is 50.3. The van der Waals surface area contributed by atoms with Crippen LogP contribution in [0.5, 0.6) is 0 Å². The largest absolute Gasteiger partial charge is 0.345 e. The predicted octanol–water partition coefficient (Wildman–Crippen LogP) is 4.10. The number of allylic oxidation sites excluding steroid dienone is 3. The summed E-state index contributed by atoms with van der Waals surface area (Å²) in [5, 5.41) is 6.20. The molecule has 13 nitrogen and oxygen atoms in total. The Morgan fingerprint density at radius 3 is 2.02 bits per heavy atom. The van der Waals surface area contributed by atoms with Gasteiger partial charge in [-0.1, -0.05) is 67.3 Å². The molecule has 0 fully saturated rings. The van der Waals surface area contributed by atoms with Crippen molar-refractivity contribution in [2.45, 2.75) is 82.0 Å². The van der Waals surface area contributed by atoms with Gasteiger partial charge in [0.1, 0.15) is 0 Å². The van der Waals surface area contributed by atoms with Crippen LogP contribution in [-0.2, 0) is 38.4 Å². The number of ketones is 2. The van der Waals surface area contributed by atoms with Crippen LogP contribution >= 0.6 is 0 Å². The number of aryl methyl sites for hydroxylation is 1. The van der Waals surface area contributed by atoms with Crippen molar-refractivity contribution in [1.29, 1.82) is 0 Å². The van der Waals surface area contributed by atoms with E-state index in [-0.39, 0.29) is 42.1 Å². The smallest absolute Gasteiger partial charge is 0.252 e. The Hall–Kier alpha value is -6.33. The fraction of sp³-hybridized carbons (Fsp3) is 0.333. The molecule has 11 N–H and O–H groups in total. The molecule has 0 aliphatic carbocycles. The average molecular weight is 883 g/mol. The van der Waals surface area contributed by atoms with Crippen molar-refractivity contribution in [2.24, 2.45) is 27.9 Å². The van der Waals surface area contributed by atoms with Crippen molar-refractivity contribution >= 4 is 40.5 Å². The summed E-state index contributed by atoms with van der Waals surface area (Å²) < 4.78 is 40.6. The number of aliphatic imine (C=N–C) groups is 1. The van der Waals surface area contributed by atoms with Gasteiger partial charge in [0.2, 0.25) is 11.8 Å². The van der Waals surface area contributed by atoms with Gasteiger partial charge in [-0.2, -0.15) is 0 Å². The minimum atomic E-state index is -1.60. The lowest BCUT2D eigenvalue weighted by Crippen LogP contribution is -2.49. The SMILES string of the molecule is C=C(C=C1C=CC=NC1)CC(=O)[C@@H](Cc1cc(F)c(F)c(F)c1)NC(=O)[C@@H](N)CCCN.NCCC[C@H](N)C(=O)N[C@H](CCc1ccccc1)C(=O)Cc1cc2ccccc2[nH]c1=O. The van der Waals surface area contributed by atoms with Crippen molar-refractivity contribution in [3.63, 3.8) is 0 Å². The number of nitrogens with two attached hydrogens (primary N) is 4. The topological polar surface area (TPSA) is 242 Å². The molecule has 1 aliphatic heterocycles. The van der Waals surface area contributed by atoms with E-state index in [4.69, 9.17) is 22.9 Å². The number of carbonyl (C=O) groups excluding carboxylic acids is 4. The van der Waals surface area contributed by atoms with E-state index in [1.807, 2.05) is 60.7 Å². The van der Waals surface area contributed by atoms with E-state index in [1.54, 1.807) is 24.4 Å². The maximum absolute atomic E-state index is 13.6. The quantitative estimate of drug-likeness (QED) is 0.0562. The molecule has 3 aromatic carbocycles. The zero-order valence-corrected chi connectivity index (χ0v) is 35.7. The summed E-state index contributed by atoms with van der Waals surface area (Å²) in [5.41, 5.74) is 26.0. The van der Waals surface area contributed by atoms with Crippen LogP contribution in [0.4, 0.5) is 13.2 Å². The maximum atomic E-state index is 13.6. The molecular formula is C48H57F3N8O5. The van der Waals surface area contributed by atoms with Gasteiger partial charge in [0.15, 0.2) is 29.0 Å². The maximum Gasteiger partial charge on any atom is 0.252 e. The zero-order chi connectivity index (χ0) is 46.6. The standard InChI is InChI=1S/C25H30N4O3.C23H27F3N4O2/c26-14-6-10-20(27)25(32)29-22(13-12-17-7-2-1-3-8-17)23(30)16-19-15-18-9-4-5-11-21(18)28-24(19)31;1-14(8-15-4-3-7-29-13-15)9-21(31)20(30-23(32)19(28)5-2-6-27)12-16-10-17(24)22(26)18(25)11-16/h1-5,7-9,11,15,20,22H,6,10,12-14,16,26-27H2,(H,28,31)(H,29,32);3-4,7-8,10-11,19-20H,1-2,5-6,9,12-13,27-28H2,(H,30,32)/t20-,22+;19-,20+/m00/s1. The molecule has 1 aliphatic rings. The van der Waals surface area contributed by atoms with Crippen LogP contribution in [0.1, 0.15) is 55.2 Å². The molecule has 340 valence electrons. The van der Waals surface area contributed by atoms with E-state index in [2.05, 4.69) is 27.2 Å². The van der Waals surface area contributed by atoms with Gasteiger partial charge in [-0.25, -0.2) is 13.2 Å². The van der Waals surface area contributed by atoms with Gasteiger partial charge in [0.25, 0.3) is 5.56 Å². The molecular weight excluding hydrogens is 826 g/mol. The van der Waals surface area contributed by atoms with Crippen LogP contribution in [0.15, 0.2) is 119 Å². The number of hydrogen-bond acceptors (Lipinski definition) is 10. The first-order valence-corrected chi connectivity index (χ1v) is 21.1. The van der Waals surface area contributed by atoms with Gasteiger partial charge in [-0.15, -0.1) is 0 Å². The number of hydrogen-bond donors (Lipinski definition) is 7. The summed E-state index contributed by atoms with van der Waals surface area (Å²) in [4.78, 5) is 70.5. The number of dihydropyridines is 1. The van der Waals surface area contributed by atoms with Crippen molar-refractivity contribution in [3.8, 4) is 0 Å². The number of halogens is 3. The van der Waals surface area contributed by atoms with Crippen LogP contribution in [0.3, 0.4) is 0 Å². The second-order valence-corrected chi connectivity index (χ2v) is 15.5. The van der Waals surface area contributed by atoms with Gasteiger partial charge < -0.3 is 38.6 Å². The number of nitrogens with one attached hydrogen (secondary N) is 3. The average Bonchev–Trinajstić information content (AvgIpc) is 3.28. The Kier molecular flexibility index (Phi) is 20.2. The molecule has 4 aromatic rings. The van der Waals surface area contributed by atoms with Crippen molar-refractivity contribution in [2.75, 3.05) is 19.6 Å². The number of nitrogens with zero attached hydrogens (tertiary/aromatic N) is 1. The van der Waals surface area contributed by atoms with E-state index in [0.29, 0.717) is 74.8 Å². The predicted molar refractivity (Wildman–Crippen MR) is 244 cm³/mol. The van der Waals surface area contributed by atoms with Gasteiger partial charge >= 0.3 is 0 Å². The second kappa shape index (κ2) is 25.7. The Balaban J connectivity index is 0.000000281. The van der Waals surface area contributed by atoms with Crippen molar-refractivity contribution in [3.05, 3.63) is 153 Å². The number of amides is 2. The summed E-state index contributed by atoms with van der Waals surface area (Å²) in [6, 6.07) is 17.0. The number of H-pyrrole nitrogens is 1. The van der Waals surface area contributed by atoms with Gasteiger partial charge in [0, 0.05) is 30.1 Å². The number of rotatable bonds is 22. The molecule has 2 amide bonds. The number of benzene rings is 3. The van der Waals surface area contributed by atoms with Crippen molar-refractivity contribution < 1.29 is 32.3 Å². The summed E-state index contributed by atoms with van der Waals surface area (Å²) in [5.74, 6) is -5.98. The van der Waals surface area contributed by atoms with Crippen LogP contribution < -0.4 is 39.1 Å². The Bertz CT molecular complexity index is 2380. The van der Waals surface area contributed by atoms with E-state index >= 15 is 0 Å². The van der Waals surface area contributed by atoms with E-state index in [0.717, 1.165) is 28.7 Å². The van der Waals surface area contributed by atoms with E-state index in [9.17, 15) is 37.1 Å². The van der Waals surface area contributed by atoms with E-state index < -0.39 is 53.3 Å². The molecule has 0 saturated heterocycles. The lowest BCUT2D eigenvalue weighted by Gasteiger charge is -2.21. The highest BCUT2D eigenvalue weighted by Crippen LogP contribution is 2.18. The Labute approximate surface area is 370 Å². The fourth-order valence-corrected chi connectivity index (χ4v) is 6.80. The van der Waals surface area contributed by atoms with Gasteiger partial charge in [0.05, 0.1) is 30.7 Å². The second-order valence-electron chi connectivity index (χ2n) is 15.5. The lowest BCUT2D eigenvalue weighted by atomic mass is 9.96. The molecule has 64 heavy (non-hydrogen) atoms. The Morgan fingerprint density at radius 1 is 0.797 bits per heavy atom. The number of fused-ring (bicyclic) bond motifs is 1.